The Morgan fingerprint density at radius 3 is 2.67 bits per heavy atom. The fraction of sp³-hybridized carbons (Fsp3) is 0.467. The second-order valence-electron chi connectivity index (χ2n) is 5.25. The first-order valence-corrected chi connectivity index (χ1v) is 6.55. The molecule has 3 heteroatoms. The van der Waals surface area contributed by atoms with Crippen LogP contribution in [0.1, 0.15) is 26.3 Å². The Kier molecular flexibility index (Phi) is 4.04. The van der Waals surface area contributed by atoms with Crippen LogP contribution in [-0.2, 0) is 13.1 Å². The fourth-order valence-electron chi connectivity index (χ4n) is 2.13. The average Bonchev–Trinajstić information content (AvgIpc) is 2.68. The molecule has 0 saturated carbocycles. The molecule has 2 aromatic rings. The van der Waals surface area contributed by atoms with Gasteiger partial charge in [0.1, 0.15) is 0 Å². The third-order valence-corrected chi connectivity index (χ3v) is 3.01. The van der Waals surface area contributed by atoms with Gasteiger partial charge in [-0.15, -0.1) is 0 Å². The summed E-state index contributed by atoms with van der Waals surface area (Å²) in [6, 6.07) is 9.10. The number of aliphatic hydroxyl groups is 1. The molecule has 2 rings (SSSR count). The number of benzene rings is 1. The van der Waals surface area contributed by atoms with Gasteiger partial charge in [0.2, 0.25) is 0 Å². The minimum Gasteiger partial charge on any atom is -0.392 e. The quantitative estimate of drug-likeness (QED) is 0.850. The molecule has 1 aromatic carbocycles. The summed E-state index contributed by atoms with van der Waals surface area (Å²) in [4.78, 5) is 0. The lowest BCUT2D eigenvalue weighted by Crippen LogP contribution is -2.21. The van der Waals surface area contributed by atoms with Crippen molar-refractivity contribution in [3.05, 3.63) is 36.0 Å². The van der Waals surface area contributed by atoms with Crippen molar-refractivity contribution in [1.29, 1.82) is 0 Å². The van der Waals surface area contributed by atoms with Crippen LogP contribution < -0.4 is 5.32 Å². The number of fused-ring (bicyclic) bond motifs is 1. The Morgan fingerprint density at radius 2 is 2.00 bits per heavy atom. The van der Waals surface area contributed by atoms with E-state index < -0.39 is 0 Å². The summed E-state index contributed by atoms with van der Waals surface area (Å²) < 4.78 is 2.10. The Balaban J connectivity index is 2.20. The maximum atomic E-state index is 9.45. The number of nitrogens with one attached hydrogen (secondary N) is 1. The predicted octanol–water partition coefficient (Wildman–Crippen LogP) is 2.52. The predicted molar refractivity (Wildman–Crippen MR) is 75.6 cm³/mol. The molecule has 1 heterocycles. The molecule has 0 spiro atoms. The number of nitrogens with zero attached hydrogens (tertiary/aromatic N) is 1. The Morgan fingerprint density at radius 1 is 1.22 bits per heavy atom. The third-order valence-electron chi connectivity index (χ3n) is 3.01. The lowest BCUT2D eigenvalue weighted by molar-refractivity contribution is 0.175. The minimum absolute atomic E-state index is 0.317. The summed E-state index contributed by atoms with van der Waals surface area (Å²) in [6.45, 7) is 7.66. The van der Waals surface area contributed by atoms with E-state index in [0.29, 0.717) is 12.6 Å². The SMILES string of the molecule is CC(O)Cn1ccc2cc(CNC(C)C)ccc21. The van der Waals surface area contributed by atoms with Crippen LogP contribution in [-0.4, -0.2) is 21.8 Å². The monoisotopic (exact) mass is 246 g/mol. The van der Waals surface area contributed by atoms with E-state index in [-0.39, 0.29) is 6.10 Å². The molecule has 3 nitrogen and oxygen atoms in total. The van der Waals surface area contributed by atoms with Gasteiger partial charge in [-0.2, -0.15) is 0 Å². The molecule has 1 aromatic heterocycles. The van der Waals surface area contributed by atoms with Crippen LogP contribution in [0.15, 0.2) is 30.5 Å². The van der Waals surface area contributed by atoms with Gasteiger partial charge in [-0.05, 0) is 36.1 Å². The van der Waals surface area contributed by atoms with Gasteiger partial charge in [0.25, 0.3) is 0 Å². The smallest absolute Gasteiger partial charge is 0.0691 e. The lowest BCUT2D eigenvalue weighted by atomic mass is 10.1. The van der Waals surface area contributed by atoms with Gasteiger partial charge in [0.15, 0.2) is 0 Å². The zero-order valence-electron chi connectivity index (χ0n) is 11.4. The van der Waals surface area contributed by atoms with Crippen LogP contribution in [0.3, 0.4) is 0 Å². The van der Waals surface area contributed by atoms with Crippen LogP contribution in [0.2, 0.25) is 0 Å². The van der Waals surface area contributed by atoms with E-state index in [1.165, 1.54) is 16.5 Å². The van der Waals surface area contributed by atoms with E-state index in [4.69, 9.17) is 0 Å². The molecule has 0 aliphatic rings. The molecular weight excluding hydrogens is 224 g/mol. The summed E-state index contributed by atoms with van der Waals surface area (Å²) in [5.41, 5.74) is 2.48. The van der Waals surface area contributed by atoms with Gasteiger partial charge in [0, 0.05) is 30.8 Å². The van der Waals surface area contributed by atoms with Gasteiger partial charge < -0.3 is 15.0 Å². The molecule has 1 unspecified atom stereocenters. The highest BCUT2D eigenvalue weighted by molar-refractivity contribution is 5.80. The topological polar surface area (TPSA) is 37.2 Å². The summed E-state index contributed by atoms with van der Waals surface area (Å²) in [6.07, 6.45) is 1.72. The van der Waals surface area contributed by atoms with Gasteiger partial charge in [0.05, 0.1) is 6.10 Å². The highest BCUT2D eigenvalue weighted by atomic mass is 16.3. The summed E-state index contributed by atoms with van der Waals surface area (Å²) >= 11 is 0. The largest absolute Gasteiger partial charge is 0.392 e. The van der Waals surface area contributed by atoms with Crippen molar-refractivity contribution < 1.29 is 5.11 Å². The Bertz CT molecular complexity index is 514. The van der Waals surface area contributed by atoms with E-state index in [2.05, 4.69) is 48.0 Å². The van der Waals surface area contributed by atoms with Crippen LogP contribution in [0.5, 0.6) is 0 Å². The minimum atomic E-state index is -0.317. The second kappa shape index (κ2) is 5.55. The first-order valence-electron chi connectivity index (χ1n) is 6.55. The Hall–Kier alpha value is -1.32. The van der Waals surface area contributed by atoms with Gasteiger partial charge >= 0.3 is 0 Å². The van der Waals surface area contributed by atoms with Crippen molar-refractivity contribution in [3.8, 4) is 0 Å². The summed E-state index contributed by atoms with van der Waals surface area (Å²) in [7, 11) is 0. The van der Waals surface area contributed by atoms with E-state index in [1.807, 2.05) is 13.1 Å². The van der Waals surface area contributed by atoms with Gasteiger partial charge in [-0.25, -0.2) is 0 Å². The maximum absolute atomic E-state index is 9.45. The van der Waals surface area contributed by atoms with E-state index in [0.717, 1.165) is 6.54 Å². The first-order chi connectivity index (χ1) is 8.56. The second-order valence-corrected chi connectivity index (χ2v) is 5.25. The summed E-state index contributed by atoms with van der Waals surface area (Å²) in [5, 5.41) is 14.1. The van der Waals surface area contributed by atoms with Crippen molar-refractivity contribution in [2.45, 2.75) is 46.0 Å². The standard InChI is InChI=1S/C15H22N2O/c1-11(2)16-9-13-4-5-15-14(8-13)6-7-17(15)10-12(3)18/h4-8,11-12,16,18H,9-10H2,1-3H3. The molecule has 0 radical (unpaired) electrons. The van der Waals surface area contributed by atoms with Crippen molar-refractivity contribution in [2.24, 2.45) is 0 Å². The zero-order chi connectivity index (χ0) is 13.1. The van der Waals surface area contributed by atoms with Crippen molar-refractivity contribution in [1.82, 2.24) is 9.88 Å². The molecule has 1 atom stereocenters. The van der Waals surface area contributed by atoms with Crippen molar-refractivity contribution >= 4 is 10.9 Å². The molecule has 0 aliphatic carbocycles. The van der Waals surface area contributed by atoms with Crippen LogP contribution in [0.25, 0.3) is 10.9 Å². The van der Waals surface area contributed by atoms with E-state index in [9.17, 15) is 5.11 Å². The average molecular weight is 246 g/mol. The van der Waals surface area contributed by atoms with Crippen molar-refractivity contribution in [2.75, 3.05) is 0 Å². The molecule has 0 bridgehead atoms. The van der Waals surface area contributed by atoms with Crippen LogP contribution in [0.4, 0.5) is 0 Å². The van der Waals surface area contributed by atoms with E-state index >= 15 is 0 Å². The highest BCUT2D eigenvalue weighted by Gasteiger charge is 2.04. The molecule has 0 aliphatic heterocycles. The molecular formula is C15H22N2O. The maximum Gasteiger partial charge on any atom is 0.0691 e. The third kappa shape index (κ3) is 3.12. The molecule has 18 heavy (non-hydrogen) atoms. The summed E-state index contributed by atoms with van der Waals surface area (Å²) in [5.74, 6) is 0. The highest BCUT2D eigenvalue weighted by Crippen LogP contribution is 2.18. The van der Waals surface area contributed by atoms with Gasteiger partial charge in [-0.1, -0.05) is 19.9 Å². The van der Waals surface area contributed by atoms with Crippen molar-refractivity contribution in [3.63, 3.8) is 0 Å². The zero-order valence-corrected chi connectivity index (χ0v) is 11.4. The molecule has 0 fully saturated rings. The number of aromatic nitrogens is 1. The normalized spacial score (nSPS) is 13.4. The Labute approximate surface area is 108 Å². The molecule has 98 valence electrons. The molecule has 0 amide bonds. The van der Waals surface area contributed by atoms with Crippen LogP contribution in [0, 0.1) is 0 Å². The van der Waals surface area contributed by atoms with Crippen LogP contribution >= 0.6 is 0 Å². The number of hydrogen-bond donors (Lipinski definition) is 2. The van der Waals surface area contributed by atoms with E-state index in [1.54, 1.807) is 0 Å². The fourth-order valence-corrected chi connectivity index (χ4v) is 2.13. The molecule has 2 N–H and O–H groups in total. The number of hydrogen-bond acceptors (Lipinski definition) is 2. The number of rotatable bonds is 5. The van der Waals surface area contributed by atoms with Gasteiger partial charge in [-0.3, -0.25) is 0 Å². The first kappa shape index (κ1) is 13.1. The number of aliphatic hydroxyl groups excluding tert-OH is 1. The molecule has 0 saturated heterocycles. The lowest BCUT2D eigenvalue weighted by Gasteiger charge is -2.10.